The summed E-state index contributed by atoms with van der Waals surface area (Å²) in [6, 6.07) is 12.9. The monoisotopic (exact) mass is 289 g/mol. The lowest BCUT2D eigenvalue weighted by Gasteiger charge is -2.03. The lowest BCUT2D eigenvalue weighted by atomic mass is 10.0. The molecule has 2 aromatic carbocycles. The highest BCUT2D eigenvalue weighted by atomic mass is 16.4. The zero-order valence-electron chi connectivity index (χ0n) is 11.4. The van der Waals surface area contributed by atoms with Gasteiger partial charge in [0, 0.05) is 22.5 Å². The first-order chi connectivity index (χ1) is 10.7. The summed E-state index contributed by atoms with van der Waals surface area (Å²) in [6.45, 7) is 0. The van der Waals surface area contributed by atoms with E-state index in [9.17, 15) is 4.79 Å². The van der Waals surface area contributed by atoms with Crippen LogP contribution in [0.1, 0.15) is 10.4 Å². The van der Waals surface area contributed by atoms with E-state index in [1.165, 1.54) is 6.33 Å². The maximum absolute atomic E-state index is 11.1. The number of rotatable bonds is 2. The Morgan fingerprint density at radius 2 is 1.91 bits per heavy atom. The van der Waals surface area contributed by atoms with Crippen LogP contribution in [-0.4, -0.2) is 26.0 Å². The fourth-order valence-corrected chi connectivity index (χ4v) is 2.65. The Morgan fingerprint density at radius 3 is 2.77 bits per heavy atom. The summed E-state index contributed by atoms with van der Waals surface area (Å²) in [4.78, 5) is 22.6. The van der Waals surface area contributed by atoms with Crippen molar-refractivity contribution >= 4 is 27.9 Å². The molecule has 0 spiro atoms. The maximum atomic E-state index is 11.1. The number of carboxylic acids is 1. The smallest absolute Gasteiger partial charge is 0.335 e. The van der Waals surface area contributed by atoms with E-state index in [1.54, 1.807) is 24.4 Å². The predicted molar refractivity (Wildman–Crippen MR) is 83.8 cm³/mol. The van der Waals surface area contributed by atoms with Gasteiger partial charge in [0.25, 0.3) is 0 Å². The van der Waals surface area contributed by atoms with Gasteiger partial charge in [0.1, 0.15) is 12.0 Å². The van der Waals surface area contributed by atoms with Crippen LogP contribution in [0.2, 0.25) is 0 Å². The van der Waals surface area contributed by atoms with Crippen LogP contribution < -0.4 is 0 Å². The van der Waals surface area contributed by atoms with E-state index in [0.29, 0.717) is 0 Å². The third kappa shape index (κ3) is 1.91. The molecule has 0 aliphatic rings. The second-order valence-corrected chi connectivity index (χ2v) is 5.06. The molecule has 0 radical (unpaired) electrons. The van der Waals surface area contributed by atoms with E-state index >= 15 is 0 Å². The maximum Gasteiger partial charge on any atom is 0.335 e. The lowest BCUT2D eigenvalue weighted by Crippen LogP contribution is -1.95. The molecular formula is C17H11N3O2. The Balaban J connectivity index is 1.91. The second kappa shape index (κ2) is 4.66. The number of carbonyl (C=O) groups is 1. The number of aromatic amines is 1. The van der Waals surface area contributed by atoms with Gasteiger partial charge in [-0.15, -0.1) is 0 Å². The summed E-state index contributed by atoms with van der Waals surface area (Å²) in [6.07, 6.45) is 3.29. The number of carboxylic acid groups (broad SMARTS) is 1. The van der Waals surface area contributed by atoms with Gasteiger partial charge in [-0.25, -0.2) is 14.8 Å². The van der Waals surface area contributed by atoms with E-state index in [1.807, 2.05) is 24.3 Å². The van der Waals surface area contributed by atoms with Crippen LogP contribution in [0.3, 0.4) is 0 Å². The first-order valence-corrected chi connectivity index (χ1v) is 6.77. The van der Waals surface area contributed by atoms with Crippen LogP contribution in [0, 0.1) is 0 Å². The number of nitrogens with one attached hydrogen (secondary N) is 1. The van der Waals surface area contributed by atoms with Gasteiger partial charge in [-0.1, -0.05) is 24.3 Å². The van der Waals surface area contributed by atoms with Crippen molar-refractivity contribution in [3.05, 3.63) is 60.6 Å². The van der Waals surface area contributed by atoms with Crippen molar-refractivity contribution in [2.45, 2.75) is 0 Å². The van der Waals surface area contributed by atoms with E-state index in [-0.39, 0.29) is 5.56 Å². The Morgan fingerprint density at radius 1 is 1.05 bits per heavy atom. The molecule has 0 bridgehead atoms. The highest BCUT2D eigenvalue weighted by Crippen LogP contribution is 2.28. The van der Waals surface area contributed by atoms with Gasteiger partial charge in [0.2, 0.25) is 0 Å². The van der Waals surface area contributed by atoms with Crippen LogP contribution >= 0.6 is 0 Å². The minimum absolute atomic E-state index is 0.278. The average molecular weight is 289 g/mol. The van der Waals surface area contributed by atoms with E-state index < -0.39 is 5.97 Å². The number of nitrogens with zero attached hydrogens (tertiary/aromatic N) is 2. The number of hydrogen-bond donors (Lipinski definition) is 2. The Hall–Kier alpha value is -3.21. The van der Waals surface area contributed by atoms with Crippen molar-refractivity contribution in [3.63, 3.8) is 0 Å². The number of aromatic nitrogens is 3. The molecule has 0 aliphatic carbocycles. The largest absolute Gasteiger partial charge is 0.478 e. The van der Waals surface area contributed by atoms with Crippen LogP contribution in [-0.2, 0) is 0 Å². The molecule has 0 saturated carbocycles. The molecule has 0 aliphatic heterocycles. The zero-order valence-corrected chi connectivity index (χ0v) is 11.4. The molecular weight excluding hydrogens is 278 g/mol. The Kier molecular flexibility index (Phi) is 2.66. The number of fused-ring (bicyclic) bond motifs is 3. The van der Waals surface area contributed by atoms with Gasteiger partial charge >= 0.3 is 5.97 Å². The molecule has 0 unspecified atom stereocenters. The Labute approximate surface area is 125 Å². The van der Waals surface area contributed by atoms with E-state index in [4.69, 9.17) is 5.11 Å². The number of H-pyrrole nitrogens is 1. The SMILES string of the molecule is O=C(O)c1cccc(-c2ccc3c(c2)[nH]c2ncncc23)c1. The normalized spacial score (nSPS) is 11.1. The van der Waals surface area contributed by atoms with Crippen molar-refractivity contribution in [1.82, 2.24) is 15.0 Å². The predicted octanol–water partition coefficient (Wildman–Crippen LogP) is 3.48. The number of aromatic carboxylic acids is 1. The van der Waals surface area contributed by atoms with Crippen molar-refractivity contribution in [3.8, 4) is 11.1 Å². The van der Waals surface area contributed by atoms with Crippen molar-refractivity contribution < 1.29 is 9.90 Å². The van der Waals surface area contributed by atoms with Gasteiger partial charge < -0.3 is 10.1 Å². The number of hydrogen-bond acceptors (Lipinski definition) is 3. The van der Waals surface area contributed by atoms with Gasteiger partial charge in [-0.05, 0) is 29.3 Å². The third-order valence-electron chi connectivity index (χ3n) is 3.72. The van der Waals surface area contributed by atoms with Crippen LogP contribution in [0.4, 0.5) is 0 Å². The molecule has 106 valence electrons. The molecule has 2 N–H and O–H groups in total. The van der Waals surface area contributed by atoms with Crippen molar-refractivity contribution in [2.75, 3.05) is 0 Å². The molecule has 5 heteroatoms. The standard InChI is InChI=1S/C17H11N3O2/c21-17(22)12-3-1-2-10(6-12)11-4-5-13-14-8-18-9-19-16(14)20-15(13)7-11/h1-9H,(H,21,22)(H,18,19,20). The molecule has 22 heavy (non-hydrogen) atoms. The summed E-state index contributed by atoms with van der Waals surface area (Å²) < 4.78 is 0. The van der Waals surface area contributed by atoms with Crippen molar-refractivity contribution in [2.24, 2.45) is 0 Å². The van der Waals surface area contributed by atoms with Gasteiger partial charge in [-0.3, -0.25) is 0 Å². The molecule has 2 aromatic heterocycles. The molecule has 5 nitrogen and oxygen atoms in total. The molecule has 4 rings (SSSR count). The summed E-state index contributed by atoms with van der Waals surface area (Å²) in [5.74, 6) is -0.927. The summed E-state index contributed by atoms with van der Waals surface area (Å²) in [5, 5.41) is 11.1. The zero-order chi connectivity index (χ0) is 15.1. The van der Waals surface area contributed by atoms with Crippen LogP contribution in [0.25, 0.3) is 33.1 Å². The second-order valence-electron chi connectivity index (χ2n) is 5.06. The highest BCUT2D eigenvalue weighted by Gasteiger charge is 2.08. The van der Waals surface area contributed by atoms with Gasteiger partial charge in [0.15, 0.2) is 0 Å². The fraction of sp³-hybridized carbons (Fsp3) is 0. The van der Waals surface area contributed by atoms with E-state index in [0.717, 1.165) is 33.1 Å². The van der Waals surface area contributed by atoms with Gasteiger partial charge in [-0.2, -0.15) is 0 Å². The minimum atomic E-state index is -0.927. The Bertz CT molecular complexity index is 1020. The number of benzene rings is 2. The van der Waals surface area contributed by atoms with Crippen molar-refractivity contribution in [1.29, 1.82) is 0 Å². The molecule has 2 heterocycles. The third-order valence-corrected chi connectivity index (χ3v) is 3.72. The molecule has 0 amide bonds. The molecule has 0 fully saturated rings. The summed E-state index contributed by atoms with van der Waals surface area (Å²) >= 11 is 0. The van der Waals surface area contributed by atoms with Gasteiger partial charge in [0.05, 0.1) is 5.56 Å². The minimum Gasteiger partial charge on any atom is -0.478 e. The van der Waals surface area contributed by atoms with Crippen LogP contribution in [0.15, 0.2) is 55.0 Å². The lowest BCUT2D eigenvalue weighted by molar-refractivity contribution is 0.0697. The fourth-order valence-electron chi connectivity index (χ4n) is 2.65. The average Bonchev–Trinajstić information content (AvgIpc) is 2.92. The molecule has 0 saturated heterocycles. The quantitative estimate of drug-likeness (QED) is 0.592. The topological polar surface area (TPSA) is 78.9 Å². The first kappa shape index (κ1) is 12.5. The summed E-state index contributed by atoms with van der Waals surface area (Å²) in [7, 11) is 0. The van der Waals surface area contributed by atoms with E-state index in [2.05, 4.69) is 15.0 Å². The highest BCUT2D eigenvalue weighted by molar-refractivity contribution is 6.06. The first-order valence-electron chi connectivity index (χ1n) is 6.77. The molecule has 4 aromatic rings. The summed E-state index contributed by atoms with van der Waals surface area (Å²) in [5.41, 5.74) is 3.84. The molecule has 0 atom stereocenters. The van der Waals surface area contributed by atoms with Crippen LogP contribution in [0.5, 0.6) is 0 Å².